The van der Waals surface area contributed by atoms with Gasteiger partial charge in [-0.1, -0.05) is 6.42 Å². The molecule has 2 aliphatic rings. The summed E-state index contributed by atoms with van der Waals surface area (Å²) in [5, 5.41) is 2.14. The maximum Gasteiger partial charge on any atom is 0.136 e. The van der Waals surface area contributed by atoms with Gasteiger partial charge in [-0.15, -0.1) is 11.3 Å². The summed E-state index contributed by atoms with van der Waals surface area (Å²) in [5.74, 6) is 0.475. The molecule has 4 heteroatoms. The number of thiophene rings is 1. The summed E-state index contributed by atoms with van der Waals surface area (Å²) < 4.78 is 1.18. The minimum absolute atomic E-state index is 0.475. The molecule has 1 aromatic heterocycles. The first-order valence-corrected chi connectivity index (χ1v) is 7.90. The van der Waals surface area contributed by atoms with Crippen molar-refractivity contribution >= 4 is 33.0 Å². The third kappa shape index (κ3) is 2.49. The Labute approximate surface area is 114 Å². The second kappa shape index (κ2) is 4.82. The van der Waals surface area contributed by atoms with E-state index in [-0.39, 0.29) is 0 Å². The van der Waals surface area contributed by atoms with Crippen LogP contribution in [0.25, 0.3) is 0 Å². The lowest BCUT2D eigenvalue weighted by atomic mass is 9.84. The predicted octanol–water partition coefficient (Wildman–Crippen LogP) is 3.60. The maximum atomic E-state index is 11.6. The molecule has 3 heterocycles. The zero-order chi connectivity index (χ0) is 11.8. The zero-order valence-corrected chi connectivity index (χ0v) is 12.1. The highest BCUT2D eigenvalue weighted by atomic mass is 79.9. The number of halogens is 1. The lowest BCUT2D eigenvalue weighted by Crippen LogP contribution is -2.51. The minimum atomic E-state index is 0.475. The van der Waals surface area contributed by atoms with E-state index >= 15 is 0 Å². The minimum Gasteiger partial charge on any atom is -0.300 e. The molecule has 0 spiro atoms. The van der Waals surface area contributed by atoms with Crippen molar-refractivity contribution in [1.29, 1.82) is 0 Å². The van der Waals surface area contributed by atoms with Crippen molar-refractivity contribution in [3.8, 4) is 0 Å². The van der Waals surface area contributed by atoms with Crippen LogP contribution in [0.2, 0.25) is 0 Å². The fourth-order valence-corrected chi connectivity index (χ4v) is 4.60. The van der Waals surface area contributed by atoms with Crippen LogP contribution in [0, 0.1) is 0 Å². The van der Waals surface area contributed by atoms with Gasteiger partial charge in [0.05, 0.1) is 0 Å². The highest BCUT2D eigenvalue weighted by Crippen LogP contribution is 2.34. The molecule has 0 N–H and O–H groups in total. The monoisotopic (exact) mass is 313 g/mol. The summed E-state index contributed by atoms with van der Waals surface area (Å²) in [4.78, 5) is 15.6. The molecule has 3 rings (SSSR count). The molecule has 1 aromatic rings. The molecule has 0 radical (unpaired) electrons. The Hall–Kier alpha value is -0.190. The summed E-state index contributed by atoms with van der Waals surface area (Å²) in [6.07, 6.45) is 5.27. The fraction of sp³-hybridized carbons (Fsp3) is 0.615. The molecule has 0 saturated carbocycles. The quantitative estimate of drug-likeness (QED) is 0.831. The highest BCUT2D eigenvalue weighted by molar-refractivity contribution is 9.10. The van der Waals surface area contributed by atoms with Crippen LogP contribution < -0.4 is 0 Å². The number of nitrogens with zero attached hydrogens (tertiary/aromatic N) is 1. The first-order chi connectivity index (χ1) is 8.22. The van der Waals surface area contributed by atoms with E-state index in [4.69, 9.17) is 0 Å². The molecule has 2 fully saturated rings. The molecule has 2 saturated heterocycles. The highest BCUT2D eigenvalue weighted by Gasteiger charge is 2.37. The third-order valence-electron chi connectivity index (χ3n) is 3.90. The van der Waals surface area contributed by atoms with Crippen molar-refractivity contribution in [2.45, 2.75) is 50.7 Å². The Balaban J connectivity index is 1.76. The van der Waals surface area contributed by atoms with Crippen molar-refractivity contribution in [3.05, 3.63) is 20.8 Å². The Morgan fingerprint density at radius 1 is 1.35 bits per heavy atom. The normalized spacial score (nSPS) is 29.6. The van der Waals surface area contributed by atoms with Crippen LogP contribution in [0.4, 0.5) is 0 Å². The van der Waals surface area contributed by atoms with Crippen LogP contribution in [0.5, 0.6) is 0 Å². The average Bonchev–Trinajstić information content (AvgIpc) is 2.65. The van der Waals surface area contributed by atoms with Crippen LogP contribution in [-0.2, 0) is 11.3 Å². The van der Waals surface area contributed by atoms with Gasteiger partial charge in [0, 0.05) is 46.2 Å². The standard InChI is InChI=1S/C13H16BrNOS/c14-9-4-13(17-8-9)7-15-10-2-1-3-11(15)6-12(16)5-10/h4,8,10-11H,1-3,5-7H2. The van der Waals surface area contributed by atoms with Crippen molar-refractivity contribution in [3.63, 3.8) is 0 Å². The van der Waals surface area contributed by atoms with E-state index in [1.807, 2.05) is 11.3 Å². The molecule has 2 bridgehead atoms. The van der Waals surface area contributed by atoms with Crippen LogP contribution >= 0.6 is 27.3 Å². The molecule has 0 aliphatic carbocycles. The van der Waals surface area contributed by atoms with E-state index in [2.05, 4.69) is 32.3 Å². The van der Waals surface area contributed by atoms with Gasteiger partial charge in [-0.25, -0.2) is 0 Å². The Morgan fingerprint density at radius 2 is 2.06 bits per heavy atom. The van der Waals surface area contributed by atoms with Gasteiger partial charge in [-0.05, 0) is 34.8 Å². The second-order valence-corrected chi connectivity index (χ2v) is 7.00. The van der Waals surface area contributed by atoms with Gasteiger partial charge in [0.25, 0.3) is 0 Å². The molecular formula is C13H16BrNOS. The van der Waals surface area contributed by atoms with Gasteiger partial charge in [-0.2, -0.15) is 0 Å². The number of hydrogen-bond acceptors (Lipinski definition) is 3. The molecular weight excluding hydrogens is 298 g/mol. The van der Waals surface area contributed by atoms with Crippen LogP contribution in [0.15, 0.2) is 15.9 Å². The second-order valence-electron chi connectivity index (χ2n) is 5.09. The number of hydrogen-bond donors (Lipinski definition) is 0. The SMILES string of the molecule is O=C1CC2CCCC(C1)N2Cc1cc(Br)cs1. The largest absolute Gasteiger partial charge is 0.300 e. The molecule has 2 aliphatic heterocycles. The molecule has 2 unspecified atom stereocenters. The lowest BCUT2D eigenvalue weighted by molar-refractivity contribution is -0.127. The number of Topliss-reactive ketones (excluding diaryl/α,β-unsaturated/α-hetero) is 1. The van der Waals surface area contributed by atoms with Gasteiger partial charge in [0.1, 0.15) is 5.78 Å². The number of carbonyl (C=O) groups is 1. The van der Waals surface area contributed by atoms with E-state index in [1.165, 1.54) is 28.6 Å². The molecule has 0 amide bonds. The van der Waals surface area contributed by atoms with Gasteiger partial charge in [0.15, 0.2) is 0 Å². The predicted molar refractivity (Wildman–Crippen MR) is 73.2 cm³/mol. The van der Waals surface area contributed by atoms with E-state index in [9.17, 15) is 4.79 Å². The van der Waals surface area contributed by atoms with E-state index < -0.39 is 0 Å². The summed E-state index contributed by atoms with van der Waals surface area (Å²) in [6, 6.07) is 3.23. The van der Waals surface area contributed by atoms with Crippen molar-refractivity contribution in [1.82, 2.24) is 4.90 Å². The maximum absolute atomic E-state index is 11.6. The topological polar surface area (TPSA) is 20.3 Å². The number of ketones is 1. The van der Waals surface area contributed by atoms with Crippen LogP contribution in [0.3, 0.4) is 0 Å². The first-order valence-electron chi connectivity index (χ1n) is 6.23. The smallest absolute Gasteiger partial charge is 0.136 e. The summed E-state index contributed by atoms with van der Waals surface area (Å²) in [7, 11) is 0. The molecule has 17 heavy (non-hydrogen) atoms. The van der Waals surface area contributed by atoms with Gasteiger partial charge in [-0.3, -0.25) is 9.69 Å². The number of carbonyl (C=O) groups excluding carboxylic acids is 1. The average molecular weight is 314 g/mol. The lowest BCUT2D eigenvalue weighted by Gasteiger charge is -2.45. The number of fused-ring (bicyclic) bond motifs is 2. The molecule has 0 aromatic carbocycles. The Bertz CT molecular complexity index is 415. The first kappa shape index (κ1) is 11.9. The van der Waals surface area contributed by atoms with Crippen molar-refractivity contribution in [2.75, 3.05) is 0 Å². The third-order valence-corrected chi connectivity index (χ3v) is 5.58. The number of piperidine rings is 2. The summed E-state index contributed by atoms with van der Waals surface area (Å²) in [6.45, 7) is 1.03. The Kier molecular flexibility index (Phi) is 3.37. The zero-order valence-electron chi connectivity index (χ0n) is 9.69. The van der Waals surface area contributed by atoms with Gasteiger partial charge >= 0.3 is 0 Å². The fourth-order valence-electron chi connectivity index (χ4n) is 3.14. The molecule has 92 valence electrons. The Morgan fingerprint density at radius 3 is 2.65 bits per heavy atom. The van der Waals surface area contributed by atoms with E-state index in [0.717, 1.165) is 19.4 Å². The molecule has 2 nitrogen and oxygen atoms in total. The van der Waals surface area contributed by atoms with Crippen LogP contribution in [0.1, 0.15) is 37.0 Å². The van der Waals surface area contributed by atoms with Crippen molar-refractivity contribution < 1.29 is 4.79 Å². The van der Waals surface area contributed by atoms with Crippen molar-refractivity contribution in [2.24, 2.45) is 0 Å². The summed E-state index contributed by atoms with van der Waals surface area (Å²) in [5.41, 5.74) is 0. The van der Waals surface area contributed by atoms with Crippen LogP contribution in [-0.4, -0.2) is 22.8 Å². The van der Waals surface area contributed by atoms with Gasteiger partial charge in [0.2, 0.25) is 0 Å². The molecule has 2 atom stereocenters. The van der Waals surface area contributed by atoms with Gasteiger partial charge < -0.3 is 0 Å². The number of rotatable bonds is 2. The van der Waals surface area contributed by atoms with E-state index in [1.54, 1.807) is 0 Å². The summed E-state index contributed by atoms with van der Waals surface area (Å²) >= 11 is 5.31. The van der Waals surface area contributed by atoms with E-state index in [0.29, 0.717) is 17.9 Å².